The van der Waals surface area contributed by atoms with Gasteiger partial charge in [-0.1, -0.05) is 6.07 Å². The summed E-state index contributed by atoms with van der Waals surface area (Å²) in [6.45, 7) is 0.792. The lowest BCUT2D eigenvalue weighted by Crippen LogP contribution is -2.09. The van der Waals surface area contributed by atoms with E-state index >= 15 is 0 Å². The lowest BCUT2D eigenvalue weighted by Gasteiger charge is -2.10. The SMILES string of the molecule is c1ccc(CCNc2nc(-c3cccnc3)nc3sc4c(c23)CCC4)nc1. The molecule has 0 spiro atoms. The van der Waals surface area contributed by atoms with E-state index in [0.717, 1.165) is 53.5 Å². The van der Waals surface area contributed by atoms with E-state index in [1.54, 1.807) is 6.20 Å². The third kappa shape index (κ3) is 3.17. The Bertz CT molecular complexity index is 1080. The first kappa shape index (κ1) is 16.3. The van der Waals surface area contributed by atoms with Gasteiger partial charge in [0.2, 0.25) is 0 Å². The maximum atomic E-state index is 4.88. The monoisotopic (exact) mass is 373 g/mol. The molecular formula is C21H19N5S. The quantitative estimate of drug-likeness (QED) is 0.565. The van der Waals surface area contributed by atoms with Crippen LogP contribution in [0.5, 0.6) is 0 Å². The van der Waals surface area contributed by atoms with Gasteiger partial charge in [0.1, 0.15) is 10.6 Å². The molecule has 0 unspecified atom stereocenters. The number of aromatic nitrogens is 4. The molecule has 0 atom stereocenters. The maximum Gasteiger partial charge on any atom is 0.164 e. The molecule has 134 valence electrons. The summed E-state index contributed by atoms with van der Waals surface area (Å²) in [5.74, 6) is 1.67. The van der Waals surface area contributed by atoms with Gasteiger partial charge in [0, 0.05) is 47.7 Å². The van der Waals surface area contributed by atoms with Gasteiger partial charge in [-0.05, 0) is 49.1 Å². The minimum absolute atomic E-state index is 0.732. The van der Waals surface area contributed by atoms with Crippen molar-refractivity contribution >= 4 is 27.4 Å². The zero-order valence-electron chi connectivity index (χ0n) is 14.9. The third-order valence-electron chi connectivity index (χ3n) is 4.88. The van der Waals surface area contributed by atoms with Crippen LogP contribution in [0.3, 0.4) is 0 Å². The summed E-state index contributed by atoms with van der Waals surface area (Å²) < 4.78 is 0. The van der Waals surface area contributed by atoms with Crippen LogP contribution in [-0.2, 0) is 19.3 Å². The second-order valence-electron chi connectivity index (χ2n) is 6.67. The molecule has 5 nitrogen and oxygen atoms in total. The number of nitrogens with zero attached hydrogens (tertiary/aromatic N) is 4. The molecule has 4 aromatic rings. The van der Waals surface area contributed by atoms with Crippen molar-refractivity contribution in [1.29, 1.82) is 0 Å². The largest absolute Gasteiger partial charge is 0.369 e. The number of fused-ring (bicyclic) bond motifs is 3. The second-order valence-corrected chi connectivity index (χ2v) is 7.76. The van der Waals surface area contributed by atoms with Gasteiger partial charge in [0.15, 0.2) is 5.82 Å². The molecule has 0 saturated heterocycles. The van der Waals surface area contributed by atoms with Crippen molar-refractivity contribution in [2.24, 2.45) is 0 Å². The van der Waals surface area contributed by atoms with E-state index in [-0.39, 0.29) is 0 Å². The van der Waals surface area contributed by atoms with Gasteiger partial charge >= 0.3 is 0 Å². The Balaban J connectivity index is 1.52. The predicted molar refractivity (Wildman–Crippen MR) is 109 cm³/mol. The number of nitrogens with one attached hydrogen (secondary N) is 1. The van der Waals surface area contributed by atoms with Crippen molar-refractivity contribution in [2.75, 3.05) is 11.9 Å². The zero-order chi connectivity index (χ0) is 18.1. The fourth-order valence-electron chi connectivity index (χ4n) is 3.60. The highest BCUT2D eigenvalue weighted by Gasteiger charge is 2.22. The highest BCUT2D eigenvalue weighted by Crippen LogP contribution is 2.40. The molecule has 0 saturated carbocycles. The molecule has 1 aliphatic carbocycles. The van der Waals surface area contributed by atoms with Gasteiger partial charge in [-0.3, -0.25) is 9.97 Å². The number of anilines is 1. The predicted octanol–water partition coefficient (Wildman–Crippen LogP) is 4.29. The fourth-order valence-corrected chi connectivity index (χ4v) is 4.86. The van der Waals surface area contributed by atoms with E-state index in [2.05, 4.69) is 21.4 Å². The Morgan fingerprint density at radius 2 is 2.04 bits per heavy atom. The molecule has 0 aromatic carbocycles. The minimum atomic E-state index is 0.732. The van der Waals surface area contributed by atoms with E-state index in [0.29, 0.717) is 0 Å². The minimum Gasteiger partial charge on any atom is -0.369 e. The summed E-state index contributed by atoms with van der Waals surface area (Å²) in [7, 11) is 0. The molecule has 1 aliphatic rings. The lowest BCUT2D eigenvalue weighted by molar-refractivity contribution is 0.916. The molecule has 0 bridgehead atoms. The number of pyridine rings is 2. The molecular weight excluding hydrogens is 354 g/mol. The molecule has 6 heteroatoms. The van der Waals surface area contributed by atoms with Crippen LogP contribution >= 0.6 is 11.3 Å². The van der Waals surface area contributed by atoms with E-state index < -0.39 is 0 Å². The lowest BCUT2D eigenvalue weighted by atomic mass is 10.1. The summed E-state index contributed by atoms with van der Waals surface area (Å²) in [6.07, 6.45) is 9.81. The summed E-state index contributed by atoms with van der Waals surface area (Å²) in [4.78, 5) is 20.9. The average molecular weight is 373 g/mol. The van der Waals surface area contributed by atoms with Gasteiger partial charge in [-0.15, -0.1) is 11.3 Å². The topological polar surface area (TPSA) is 63.6 Å². The Labute approximate surface area is 161 Å². The Hall–Kier alpha value is -2.86. The second kappa shape index (κ2) is 7.04. The van der Waals surface area contributed by atoms with Gasteiger partial charge in [0.25, 0.3) is 0 Å². The number of aryl methyl sites for hydroxylation is 2. The van der Waals surface area contributed by atoms with Crippen molar-refractivity contribution < 1.29 is 0 Å². The first-order valence-corrected chi connectivity index (χ1v) is 10.1. The smallest absolute Gasteiger partial charge is 0.164 e. The first-order chi connectivity index (χ1) is 13.4. The molecule has 4 aromatic heterocycles. The van der Waals surface area contributed by atoms with E-state index in [4.69, 9.17) is 9.97 Å². The van der Waals surface area contributed by atoms with Crippen molar-refractivity contribution in [2.45, 2.75) is 25.7 Å². The number of rotatable bonds is 5. The normalized spacial score (nSPS) is 13.0. The van der Waals surface area contributed by atoms with Crippen molar-refractivity contribution in [1.82, 2.24) is 19.9 Å². The molecule has 0 radical (unpaired) electrons. The van der Waals surface area contributed by atoms with Crippen molar-refractivity contribution in [3.63, 3.8) is 0 Å². The Kier molecular flexibility index (Phi) is 4.26. The molecule has 0 amide bonds. The van der Waals surface area contributed by atoms with Crippen LogP contribution in [0.4, 0.5) is 5.82 Å². The molecule has 27 heavy (non-hydrogen) atoms. The van der Waals surface area contributed by atoms with Crippen molar-refractivity contribution in [3.8, 4) is 11.4 Å². The Morgan fingerprint density at radius 3 is 2.89 bits per heavy atom. The van der Waals surface area contributed by atoms with E-state index in [1.165, 1.54) is 22.2 Å². The molecule has 4 heterocycles. The molecule has 5 rings (SSSR count). The highest BCUT2D eigenvalue weighted by molar-refractivity contribution is 7.19. The van der Waals surface area contributed by atoms with Crippen LogP contribution in [0.25, 0.3) is 21.6 Å². The summed E-state index contributed by atoms with van der Waals surface area (Å²) >= 11 is 1.82. The van der Waals surface area contributed by atoms with Crippen LogP contribution in [-0.4, -0.2) is 26.5 Å². The van der Waals surface area contributed by atoms with E-state index in [1.807, 2.05) is 48.0 Å². The van der Waals surface area contributed by atoms with Gasteiger partial charge < -0.3 is 5.32 Å². The molecule has 0 aliphatic heterocycles. The first-order valence-electron chi connectivity index (χ1n) is 9.25. The van der Waals surface area contributed by atoms with Crippen LogP contribution < -0.4 is 5.32 Å². The third-order valence-corrected chi connectivity index (χ3v) is 6.07. The summed E-state index contributed by atoms with van der Waals surface area (Å²) in [6, 6.07) is 9.95. The van der Waals surface area contributed by atoms with Gasteiger partial charge in [-0.25, -0.2) is 9.97 Å². The summed E-state index contributed by atoms with van der Waals surface area (Å²) in [5.41, 5.74) is 3.46. The zero-order valence-corrected chi connectivity index (χ0v) is 15.7. The molecule has 0 fully saturated rings. The maximum absolute atomic E-state index is 4.88. The van der Waals surface area contributed by atoms with Crippen molar-refractivity contribution in [3.05, 3.63) is 65.1 Å². The van der Waals surface area contributed by atoms with Crippen LogP contribution in [0.15, 0.2) is 48.9 Å². The average Bonchev–Trinajstić information content (AvgIpc) is 3.30. The Morgan fingerprint density at radius 1 is 1.04 bits per heavy atom. The van der Waals surface area contributed by atoms with E-state index in [9.17, 15) is 0 Å². The number of hydrogen-bond donors (Lipinski definition) is 1. The summed E-state index contributed by atoms with van der Waals surface area (Å²) in [5, 5.41) is 4.77. The van der Waals surface area contributed by atoms with Crippen LogP contribution in [0.2, 0.25) is 0 Å². The number of hydrogen-bond acceptors (Lipinski definition) is 6. The van der Waals surface area contributed by atoms with Gasteiger partial charge in [-0.2, -0.15) is 0 Å². The highest BCUT2D eigenvalue weighted by atomic mass is 32.1. The fraction of sp³-hybridized carbons (Fsp3) is 0.238. The number of thiophene rings is 1. The van der Waals surface area contributed by atoms with Gasteiger partial charge in [0.05, 0.1) is 5.39 Å². The van der Waals surface area contributed by atoms with Crippen LogP contribution in [0.1, 0.15) is 22.6 Å². The van der Waals surface area contributed by atoms with Crippen LogP contribution in [0, 0.1) is 0 Å². The standard InChI is InChI=1S/C21H19N5S/c1-2-11-23-15(6-1)9-12-24-20-18-16-7-3-8-17(16)27-21(18)26-19(25-20)14-5-4-10-22-13-14/h1-2,4-6,10-11,13H,3,7-9,12H2,(H,24,25,26). The molecule has 1 N–H and O–H groups in total.